The molecule has 1 saturated carbocycles. The molecule has 2 rings (SSSR count). The molecular formula is C14H18O3S. The summed E-state index contributed by atoms with van der Waals surface area (Å²) in [4.78, 5) is 11.3. The third kappa shape index (κ3) is 3.19. The molecule has 98 valence electrons. The highest BCUT2D eigenvalue weighted by molar-refractivity contribution is 7.86. The molecule has 0 spiro atoms. The van der Waals surface area contributed by atoms with Gasteiger partial charge in [-0.05, 0) is 24.3 Å². The van der Waals surface area contributed by atoms with E-state index in [-0.39, 0.29) is 0 Å². The molecule has 0 bridgehead atoms. The van der Waals surface area contributed by atoms with Crippen molar-refractivity contribution < 1.29 is 14.1 Å². The summed E-state index contributed by atoms with van der Waals surface area (Å²) in [6.45, 7) is 0. The van der Waals surface area contributed by atoms with E-state index in [0.29, 0.717) is 17.2 Å². The lowest BCUT2D eigenvalue weighted by molar-refractivity contribution is -0.136. The smallest absolute Gasteiger partial charge is 0.323 e. The van der Waals surface area contributed by atoms with Crippen LogP contribution in [0.4, 0.5) is 0 Å². The minimum atomic E-state index is -1.33. The van der Waals surface area contributed by atoms with Crippen LogP contribution in [0.25, 0.3) is 0 Å². The summed E-state index contributed by atoms with van der Waals surface area (Å²) in [6.07, 6.45) is 4.55. The fourth-order valence-corrected chi connectivity index (χ4v) is 4.22. The van der Waals surface area contributed by atoms with Gasteiger partial charge >= 0.3 is 5.97 Å². The number of carboxylic acids is 1. The second-order valence-corrected chi connectivity index (χ2v) is 6.39. The highest BCUT2D eigenvalue weighted by Crippen LogP contribution is 2.29. The van der Waals surface area contributed by atoms with Gasteiger partial charge in [-0.1, -0.05) is 43.2 Å². The Balaban J connectivity index is 2.10. The molecule has 3 nitrogen and oxygen atoms in total. The number of carboxylic acid groups (broad SMARTS) is 1. The van der Waals surface area contributed by atoms with Crippen molar-refractivity contribution in [1.29, 1.82) is 0 Å². The second kappa shape index (κ2) is 6.14. The van der Waals surface area contributed by atoms with Crippen molar-refractivity contribution in [1.82, 2.24) is 0 Å². The Morgan fingerprint density at radius 2 is 1.89 bits per heavy atom. The average molecular weight is 266 g/mol. The van der Waals surface area contributed by atoms with E-state index >= 15 is 0 Å². The fraction of sp³-hybridized carbons (Fsp3) is 0.500. The van der Waals surface area contributed by atoms with Crippen LogP contribution >= 0.6 is 0 Å². The van der Waals surface area contributed by atoms with Gasteiger partial charge in [0.2, 0.25) is 0 Å². The minimum absolute atomic E-state index is 0.441. The van der Waals surface area contributed by atoms with Crippen molar-refractivity contribution >= 4 is 16.8 Å². The molecule has 0 amide bonds. The molecule has 4 heteroatoms. The molecule has 1 fully saturated rings. The maximum atomic E-state index is 12.3. The number of benzene rings is 1. The summed E-state index contributed by atoms with van der Waals surface area (Å²) in [6, 6.07) is 8.90. The highest BCUT2D eigenvalue weighted by atomic mass is 32.2. The van der Waals surface area contributed by atoms with E-state index in [0.717, 1.165) is 12.8 Å². The van der Waals surface area contributed by atoms with Crippen LogP contribution in [-0.4, -0.2) is 21.0 Å². The Morgan fingerprint density at radius 3 is 2.44 bits per heavy atom. The fourth-order valence-electron chi connectivity index (χ4n) is 2.54. The van der Waals surface area contributed by atoms with E-state index in [1.165, 1.54) is 12.8 Å². The summed E-state index contributed by atoms with van der Waals surface area (Å²) < 4.78 is 12.3. The maximum absolute atomic E-state index is 12.3. The SMILES string of the molecule is O=C(O)C(c1ccccc1)S(=O)CC1CCCC1. The van der Waals surface area contributed by atoms with Crippen LogP contribution < -0.4 is 0 Å². The van der Waals surface area contributed by atoms with Gasteiger partial charge in [0.25, 0.3) is 0 Å². The van der Waals surface area contributed by atoms with Crippen LogP contribution in [0.5, 0.6) is 0 Å². The summed E-state index contributed by atoms with van der Waals surface area (Å²) in [7, 11) is -1.33. The minimum Gasteiger partial charge on any atom is -0.480 e. The number of rotatable bonds is 5. The molecule has 1 aromatic rings. The van der Waals surface area contributed by atoms with Crippen molar-refractivity contribution in [3.63, 3.8) is 0 Å². The maximum Gasteiger partial charge on any atom is 0.323 e. The first-order chi connectivity index (χ1) is 8.68. The molecule has 1 aliphatic rings. The summed E-state index contributed by atoms with van der Waals surface area (Å²) in [5.41, 5.74) is 0.640. The molecule has 1 aromatic carbocycles. The predicted octanol–water partition coefficient (Wildman–Crippen LogP) is 2.75. The lowest BCUT2D eigenvalue weighted by atomic mass is 10.1. The lowest BCUT2D eigenvalue weighted by Gasteiger charge is -2.15. The van der Waals surface area contributed by atoms with Gasteiger partial charge in [-0.15, -0.1) is 0 Å². The Bertz CT molecular complexity index is 424. The number of carbonyl (C=O) groups is 1. The van der Waals surface area contributed by atoms with Gasteiger partial charge < -0.3 is 5.11 Å². The first-order valence-corrected chi connectivity index (χ1v) is 7.71. The summed E-state index contributed by atoms with van der Waals surface area (Å²) >= 11 is 0. The molecule has 0 aromatic heterocycles. The van der Waals surface area contributed by atoms with Gasteiger partial charge in [0.05, 0.1) is 0 Å². The lowest BCUT2D eigenvalue weighted by Crippen LogP contribution is -2.21. The van der Waals surface area contributed by atoms with E-state index in [1.807, 2.05) is 6.07 Å². The van der Waals surface area contributed by atoms with E-state index in [9.17, 15) is 14.1 Å². The van der Waals surface area contributed by atoms with Gasteiger partial charge in [-0.3, -0.25) is 9.00 Å². The molecule has 0 saturated heterocycles. The number of hydrogen-bond donors (Lipinski definition) is 1. The van der Waals surface area contributed by atoms with Gasteiger partial charge in [-0.25, -0.2) is 0 Å². The zero-order chi connectivity index (χ0) is 13.0. The van der Waals surface area contributed by atoms with E-state index < -0.39 is 22.0 Å². The third-order valence-corrected chi connectivity index (χ3v) is 5.26. The topological polar surface area (TPSA) is 54.4 Å². The average Bonchev–Trinajstić information content (AvgIpc) is 2.83. The van der Waals surface area contributed by atoms with Gasteiger partial charge in [-0.2, -0.15) is 0 Å². The van der Waals surface area contributed by atoms with Crippen LogP contribution in [0, 0.1) is 5.92 Å². The molecule has 1 aliphatic carbocycles. The van der Waals surface area contributed by atoms with Crippen LogP contribution in [0.2, 0.25) is 0 Å². The molecule has 18 heavy (non-hydrogen) atoms. The van der Waals surface area contributed by atoms with Gasteiger partial charge in [0.1, 0.15) is 0 Å². The molecule has 0 radical (unpaired) electrons. The van der Waals surface area contributed by atoms with E-state index in [2.05, 4.69) is 0 Å². The highest BCUT2D eigenvalue weighted by Gasteiger charge is 2.29. The molecule has 0 aliphatic heterocycles. The normalized spacial score (nSPS) is 19.6. The second-order valence-electron chi connectivity index (χ2n) is 4.83. The Labute approximate surface area is 110 Å². The van der Waals surface area contributed by atoms with Gasteiger partial charge in [0, 0.05) is 16.6 Å². The molecular weight excluding hydrogens is 248 g/mol. The quantitative estimate of drug-likeness (QED) is 0.891. The predicted molar refractivity (Wildman–Crippen MR) is 71.8 cm³/mol. The molecule has 2 unspecified atom stereocenters. The number of aliphatic carboxylic acids is 1. The van der Waals surface area contributed by atoms with Crippen LogP contribution in [-0.2, 0) is 15.6 Å². The Morgan fingerprint density at radius 1 is 1.28 bits per heavy atom. The van der Waals surface area contributed by atoms with Crippen molar-refractivity contribution in [2.45, 2.75) is 30.9 Å². The zero-order valence-electron chi connectivity index (χ0n) is 10.2. The number of hydrogen-bond acceptors (Lipinski definition) is 2. The van der Waals surface area contributed by atoms with E-state index in [1.54, 1.807) is 24.3 Å². The zero-order valence-corrected chi connectivity index (χ0v) is 11.1. The Kier molecular flexibility index (Phi) is 4.53. The van der Waals surface area contributed by atoms with Crippen molar-refractivity contribution in [2.24, 2.45) is 5.92 Å². The van der Waals surface area contributed by atoms with Crippen LogP contribution in [0.3, 0.4) is 0 Å². The summed E-state index contributed by atoms with van der Waals surface area (Å²) in [5, 5.41) is 8.40. The first kappa shape index (κ1) is 13.3. The van der Waals surface area contributed by atoms with Crippen molar-refractivity contribution in [3.05, 3.63) is 35.9 Å². The monoisotopic (exact) mass is 266 g/mol. The van der Waals surface area contributed by atoms with E-state index in [4.69, 9.17) is 0 Å². The van der Waals surface area contributed by atoms with Crippen LogP contribution in [0.15, 0.2) is 30.3 Å². The summed E-state index contributed by atoms with van der Waals surface area (Å²) in [5.74, 6) is -0.0276. The van der Waals surface area contributed by atoms with Gasteiger partial charge in [0.15, 0.2) is 5.25 Å². The standard InChI is InChI=1S/C14H18O3S/c15-14(16)13(12-8-2-1-3-9-12)18(17)10-11-6-4-5-7-11/h1-3,8-9,11,13H,4-7,10H2,(H,15,16). The largest absolute Gasteiger partial charge is 0.480 e. The molecule has 0 heterocycles. The molecule has 1 N–H and O–H groups in total. The Hall–Kier alpha value is -1.16. The van der Waals surface area contributed by atoms with Crippen molar-refractivity contribution in [3.8, 4) is 0 Å². The van der Waals surface area contributed by atoms with Crippen molar-refractivity contribution in [2.75, 3.05) is 5.75 Å². The first-order valence-electron chi connectivity index (χ1n) is 6.33. The van der Waals surface area contributed by atoms with Crippen LogP contribution in [0.1, 0.15) is 36.5 Å². The molecule has 2 atom stereocenters. The third-order valence-electron chi connectivity index (χ3n) is 3.46.